The van der Waals surface area contributed by atoms with Gasteiger partial charge in [-0.25, -0.2) is 8.42 Å². The Morgan fingerprint density at radius 2 is 1.95 bits per heavy atom. The Morgan fingerprint density at radius 1 is 1.35 bits per heavy atom. The van der Waals surface area contributed by atoms with E-state index in [1.54, 1.807) is 26.8 Å². The van der Waals surface area contributed by atoms with Crippen LogP contribution in [0.1, 0.15) is 19.4 Å². The predicted molar refractivity (Wildman–Crippen MR) is 74.3 cm³/mol. The maximum absolute atomic E-state index is 12.3. The lowest BCUT2D eigenvalue weighted by atomic mass is 10.1. The number of carboxylic acids is 1. The second kappa shape index (κ2) is 6.23. The molecule has 0 aliphatic carbocycles. The number of hydrogen-bond donors (Lipinski definition) is 2. The van der Waals surface area contributed by atoms with Gasteiger partial charge in [0.05, 0.1) is 12.0 Å². The van der Waals surface area contributed by atoms with Crippen molar-refractivity contribution in [1.29, 1.82) is 0 Å². The number of methoxy groups -OCH3 is 1. The average molecular weight is 301 g/mol. The number of benzene rings is 1. The summed E-state index contributed by atoms with van der Waals surface area (Å²) in [6.07, 6.45) is 0. The van der Waals surface area contributed by atoms with Crippen molar-refractivity contribution in [1.82, 2.24) is 4.72 Å². The summed E-state index contributed by atoms with van der Waals surface area (Å²) >= 11 is 0. The second-order valence-corrected chi connectivity index (χ2v) is 6.50. The zero-order chi connectivity index (χ0) is 15.5. The third-order valence-electron chi connectivity index (χ3n) is 2.89. The van der Waals surface area contributed by atoms with Crippen LogP contribution in [0.25, 0.3) is 0 Å². The van der Waals surface area contributed by atoms with Crippen molar-refractivity contribution in [3.05, 3.63) is 23.8 Å². The molecule has 112 valence electrons. The van der Waals surface area contributed by atoms with Crippen LogP contribution >= 0.6 is 0 Å². The van der Waals surface area contributed by atoms with E-state index in [4.69, 9.17) is 9.84 Å². The Hall–Kier alpha value is -1.60. The molecule has 0 radical (unpaired) electrons. The molecule has 6 nitrogen and oxygen atoms in total. The molecule has 2 N–H and O–H groups in total. The van der Waals surface area contributed by atoms with Crippen molar-refractivity contribution >= 4 is 16.0 Å². The number of rotatable bonds is 6. The van der Waals surface area contributed by atoms with Crippen molar-refractivity contribution in [2.45, 2.75) is 31.7 Å². The quantitative estimate of drug-likeness (QED) is 0.828. The van der Waals surface area contributed by atoms with Crippen LogP contribution in [0.3, 0.4) is 0 Å². The Labute approximate surface area is 118 Å². The summed E-state index contributed by atoms with van der Waals surface area (Å²) in [6, 6.07) is 3.34. The van der Waals surface area contributed by atoms with Gasteiger partial charge in [-0.15, -0.1) is 0 Å². The summed E-state index contributed by atoms with van der Waals surface area (Å²) < 4.78 is 31.7. The van der Waals surface area contributed by atoms with Gasteiger partial charge in [0.2, 0.25) is 10.0 Å². The molecule has 0 aromatic heterocycles. The highest BCUT2D eigenvalue weighted by Crippen LogP contribution is 2.21. The van der Waals surface area contributed by atoms with Crippen LogP contribution in [0.5, 0.6) is 5.75 Å². The van der Waals surface area contributed by atoms with Crippen LogP contribution in [-0.2, 0) is 14.8 Å². The summed E-state index contributed by atoms with van der Waals surface area (Å²) in [6.45, 7) is 4.91. The number of hydrogen-bond acceptors (Lipinski definition) is 4. The third-order valence-corrected chi connectivity index (χ3v) is 4.49. The van der Waals surface area contributed by atoms with Gasteiger partial charge in [0.15, 0.2) is 0 Å². The van der Waals surface area contributed by atoms with Gasteiger partial charge in [-0.3, -0.25) is 4.79 Å². The smallest absolute Gasteiger partial charge is 0.322 e. The molecule has 0 aliphatic rings. The average Bonchev–Trinajstić information content (AvgIpc) is 2.34. The van der Waals surface area contributed by atoms with Crippen LogP contribution in [-0.4, -0.2) is 32.6 Å². The molecular formula is C13H19NO5S. The molecule has 1 rings (SSSR count). The SMILES string of the molecule is COc1ccc(S(=O)(=O)NC(C(=O)O)C(C)C)c(C)c1. The topological polar surface area (TPSA) is 92.7 Å². The molecule has 0 bridgehead atoms. The highest BCUT2D eigenvalue weighted by atomic mass is 32.2. The van der Waals surface area contributed by atoms with E-state index in [1.165, 1.54) is 19.2 Å². The van der Waals surface area contributed by atoms with Crippen LogP contribution in [0.4, 0.5) is 0 Å². The highest BCUT2D eigenvalue weighted by molar-refractivity contribution is 7.89. The summed E-state index contributed by atoms with van der Waals surface area (Å²) in [4.78, 5) is 11.1. The van der Waals surface area contributed by atoms with E-state index in [2.05, 4.69) is 4.72 Å². The fourth-order valence-corrected chi connectivity index (χ4v) is 3.32. The number of aliphatic carboxylic acids is 1. The van der Waals surface area contributed by atoms with E-state index in [1.807, 2.05) is 0 Å². The maximum Gasteiger partial charge on any atom is 0.322 e. The molecule has 0 heterocycles. The van der Waals surface area contributed by atoms with Gasteiger partial charge in [0.1, 0.15) is 11.8 Å². The highest BCUT2D eigenvalue weighted by Gasteiger charge is 2.28. The normalized spacial score (nSPS) is 13.2. The molecule has 0 saturated heterocycles. The summed E-state index contributed by atoms with van der Waals surface area (Å²) in [5.41, 5.74) is 0.491. The molecule has 20 heavy (non-hydrogen) atoms. The maximum atomic E-state index is 12.3. The standard InChI is InChI=1S/C13H19NO5S/c1-8(2)12(13(15)16)14-20(17,18)11-6-5-10(19-4)7-9(11)3/h5-8,12,14H,1-4H3,(H,15,16). The molecule has 1 aromatic carbocycles. The lowest BCUT2D eigenvalue weighted by Gasteiger charge is -2.19. The number of ether oxygens (including phenoxy) is 1. The molecular weight excluding hydrogens is 282 g/mol. The van der Waals surface area contributed by atoms with Crippen molar-refractivity contribution in [2.75, 3.05) is 7.11 Å². The summed E-state index contributed by atoms with van der Waals surface area (Å²) in [5, 5.41) is 9.06. The number of aryl methyl sites for hydroxylation is 1. The summed E-state index contributed by atoms with van der Waals surface area (Å²) in [7, 11) is -2.41. The first kappa shape index (κ1) is 16.5. The van der Waals surface area contributed by atoms with Crippen molar-refractivity contribution < 1.29 is 23.1 Å². The third kappa shape index (κ3) is 3.71. The zero-order valence-corrected chi connectivity index (χ0v) is 12.7. The molecule has 0 amide bonds. The van der Waals surface area contributed by atoms with E-state index in [0.717, 1.165) is 0 Å². The van der Waals surface area contributed by atoms with Crippen molar-refractivity contribution in [3.63, 3.8) is 0 Å². The first-order valence-corrected chi connectivity index (χ1v) is 7.57. The van der Waals surface area contributed by atoms with Gasteiger partial charge < -0.3 is 9.84 Å². The van der Waals surface area contributed by atoms with Crippen LogP contribution in [0.2, 0.25) is 0 Å². The fourth-order valence-electron chi connectivity index (χ4n) is 1.75. The van der Waals surface area contributed by atoms with Crippen molar-refractivity contribution in [3.8, 4) is 5.75 Å². The number of carbonyl (C=O) groups is 1. The molecule has 1 atom stereocenters. The molecule has 7 heteroatoms. The van der Waals surface area contributed by atoms with Crippen molar-refractivity contribution in [2.24, 2.45) is 5.92 Å². The minimum Gasteiger partial charge on any atom is -0.497 e. The minimum atomic E-state index is -3.89. The van der Waals surface area contributed by atoms with E-state index >= 15 is 0 Å². The first-order valence-electron chi connectivity index (χ1n) is 6.09. The Bertz CT molecular complexity index is 595. The van der Waals surface area contributed by atoms with E-state index in [-0.39, 0.29) is 10.8 Å². The second-order valence-electron chi connectivity index (χ2n) is 4.81. The number of sulfonamides is 1. The molecule has 0 fully saturated rings. The molecule has 1 aromatic rings. The van der Waals surface area contributed by atoms with Gasteiger partial charge in [-0.05, 0) is 36.6 Å². The van der Waals surface area contributed by atoms with Gasteiger partial charge in [0.25, 0.3) is 0 Å². The predicted octanol–water partition coefficient (Wildman–Crippen LogP) is 1.39. The lowest BCUT2D eigenvalue weighted by molar-refractivity contribution is -0.140. The minimum absolute atomic E-state index is 0.0465. The Balaban J connectivity index is 3.14. The lowest BCUT2D eigenvalue weighted by Crippen LogP contribution is -2.44. The van der Waals surface area contributed by atoms with Gasteiger partial charge in [-0.2, -0.15) is 4.72 Å². The van der Waals surface area contributed by atoms with Crippen LogP contribution in [0, 0.1) is 12.8 Å². The molecule has 0 spiro atoms. The molecule has 0 saturated carbocycles. The fraction of sp³-hybridized carbons (Fsp3) is 0.462. The van der Waals surface area contributed by atoms with Gasteiger partial charge >= 0.3 is 5.97 Å². The van der Waals surface area contributed by atoms with Gasteiger partial charge in [-0.1, -0.05) is 13.8 Å². The van der Waals surface area contributed by atoms with E-state index < -0.39 is 22.0 Å². The largest absolute Gasteiger partial charge is 0.497 e. The first-order chi connectivity index (χ1) is 9.19. The molecule has 0 aliphatic heterocycles. The summed E-state index contributed by atoms with van der Waals surface area (Å²) in [5.74, 6) is -1.02. The van der Waals surface area contributed by atoms with E-state index in [0.29, 0.717) is 11.3 Å². The van der Waals surface area contributed by atoms with Crippen LogP contribution < -0.4 is 9.46 Å². The van der Waals surface area contributed by atoms with Gasteiger partial charge in [0, 0.05) is 0 Å². The van der Waals surface area contributed by atoms with E-state index in [9.17, 15) is 13.2 Å². The Kier molecular flexibility index (Phi) is 5.13. The monoisotopic (exact) mass is 301 g/mol. The zero-order valence-electron chi connectivity index (χ0n) is 11.9. The number of carboxylic acid groups (broad SMARTS) is 1. The number of nitrogens with one attached hydrogen (secondary N) is 1. The van der Waals surface area contributed by atoms with Crippen LogP contribution in [0.15, 0.2) is 23.1 Å². The Morgan fingerprint density at radius 3 is 2.35 bits per heavy atom. The molecule has 1 unspecified atom stereocenters.